The van der Waals surface area contributed by atoms with Gasteiger partial charge < -0.3 is 15.0 Å². The van der Waals surface area contributed by atoms with Gasteiger partial charge in [-0.2, -0.15) is 5.10 Å². The molecule has 3 rings (SSSR count). The second kappa shape index (κ2) is 6.19. The van der Waals surface area contributed by atoms with Crippen LogP contribution in [-0.2, 0) is 0 Å². The molecule has 0 aliphatic carbocycles. The number of rotatable bonds is 4. The van der Waals surface area contributed by atoms with Crippen LogP contribution in [0.1, 0.15) is 16.8 Å². The predicted molar refractivity (Wildman–Crippen MR) is 83.9 cm³/mol. The molecule has 1 aromatic heterocycles. The Balaban J connectivity index is 1.85. The molecule has 2 N–H and O–H groups in total. The van der Waals surface area contributed by atoms with Crippen LogP contribution in [-0.4, -0.2) is 54.3 Å². The zero-order chi connectivity index (χ0) is 15.5. The number of hydrogen-bond acceptors (Lipinski definition) is 4. The summed E-state index contributed by atoms with van der Waals surface area (Å²) >= 11 is 0. The van der Waals surface area contributed by atoms with Crippen molar-refractivity contribution in [2.24, 2.45) is 0 Å². The van der Waals surface area contributed by atoms with E-state index in [4.69, 9.17) is 4.74 Å². The number of nitrogens with one attached hydrogen (secondary N) is 2. The maximum atomic E-state index is 12.7. The number of nitrogens with zero attached hydrogens (tertiary/aromatic N) is 2. The van der Waals surface area contributed by atoms with Crippen molar-refractivity contribution in [1.29, 1.82) is 0 Å². The summed E-state index contributed by atoms with van der Waals surface area (Å²) in [5.74, 6) is 0.776. The largest absolute Gasteiger partial charge is 0.497 e. The molecule has 22 heavy (non-hydrogen) atoms. The maximum Gasteiger partial charge on any atom is 0.257 e. The van der Waals surface area contributed by atoms with Crippen molar-refractivity contribution >= 4 is 5.91 Å². The molecule has 0 bridgehead atoms. The van der Waals surface area contributed by atoms with Crippen LogP contribution in [0.3, 0.4) is 0 Å². The van der Waals surface area contributed by atoms with Crippen LogP contribution in [0.15, 0.2) is 30.5 Å². The number of amides is 1. The number of H-pyrrole nitrogens is 1. The van der Waals surface area contributed by atoms with Gasteiger partial charge in [0.2, 0.25) is 0 Å². The molecule has 2 aromatic rings. The lowest BCUT2D eigenvalue weighted by molar-refractivity contribution is 0.0744. The lowest BCUT2D eigenvalue weighted by Crippen LogP contribution is -2.38. The molecule has 6 nitrogen and oxygen atoms in total. The molecule has 1 saturated heterocycles. The maximum absolute atomic E-state index is 12.7. The highest BCUT2D eigenvalue weighted by Crippen LogP contribution is 2.25. The third kappa shape index (κ3) is 2.69. The SMILES string of the molecule is COc1ccc(-c2[nH]ncc2C(=O)N(C)C2CCNC2)cc1. The first-order valence-corrected chi connectivity index (χ1v) is 7.36. The standard InChI is InChI=1S/C16H20N4O2/c1-20(12-7-8-17-9-12)16(21)14-10-18-19-15(14)11-3-5-13(22-2)6-4-11/h3-6,10,12,17H,7-9H2,1-2H3,(H,18,19). The quantitative estimate of drug-likeness (QED) is 0.898. The van der Waals surface area contributed by atoms with Crippen LogP contribution in [0.4, 0.5) is 0 Å². The summed E-state index contributed by atoms with van der Waals surface area (Å²) < 4.78 is 5.16. The number of hydrogen-bond donors (Lipinski definition) is 2. The van der Waals surface area contributed by atoms with Crippen molar-refractivity contribution < 1.29 is 9.53 Å². The Morgan fingerprint density at radius 3 is 2.77 bits per heavy atom. The van der Waals surface area contributed by atoms with Crippen LogP contribution < -0.4 is 10.1 Å². The van der Waals surface area contributed by atoms with E-state index in [0.717, 1.165) is 36.5 Å². The molecular formula is C16H20N4O2. The van der Waals surface area contributed by atoms with Gasteiger partial charge in [0, 0.05) is 25.2 Å². The first-order chi connectivity index (χ1) is 10.7. The molecule has 0 saturated carbocycles. The van der Waals surface area contributed by atoms with E-state index in [-0.39, 0.29) is 11.9 Å². The molecule has 116 valence electrons. The normalized spacial score (nSPS) is 17.5. The van der Waals surface area contributed by atoms with Gasteiger partial charge in [-0.05, 0) is 37.2 Å². The van der Waals surface area contributed by atoms with Crippen molar-refractivity contribution in [3.05, 3.63) is 36.0 Å². The summed E-state index contributed by atoms with van der Waals surface area (Å²) in [6, 6.07) is 7.82. The summed E-state index contributed by atoms with van der Waals surface area (Å²) in [5.41, 5.74) is 2.25. The van der Waals surface area contributed by atoms with Crippen LogP contribution in [0.5, 0.6) is 5.75 Å². The summed E-state index contributed by atoms with van der Waals surface area (Å²) in [5, 5.41) is 10.3. The number of benzene rings is 1. The minimum atomic E-state index is -0.00623. The van der Waals surface area contributed by atoms with Gasteiger partial charge in [0.1, 0.15) is 5.75 Å². The van der Waals surface area contributed by atoms with E-state index in [1.54, 1.807) is 18.2 Å². The smallest absolute Gasteiger partial charge is 0.257 e. The number of methoxy groups -OCH3 is 1. The molecule has 1 amide bonds. The van der Waals surface area contributed by atoms with Crippen LogP contribution in [0.2, 0.25) is 0 Å². The Morgan fingerprint density at radius 2 is 2.14 bits per heavy atom. The van der Waals surface area contributed by atoms with E-state index >= 15 is 0 Å². The fourth-order valence-electron chi connectivity index (χ4n) is 2.75. The minimum Gasteiger partial charge on any atom is -0.497 e. The van der Waals surface area contributed by atoms with E-state index in [9.17, 15) is 4.79 Å². The lowest BCUT2D eigenvalue weighted by atomic mass is 10.1. The Morgan fingerprint density at radius 1 is 1.36 bits per heavy atom. The monoisotopic (exact) mass is 300 g/mol. The molecule has 1 aliphatic rings. The molecule has 1 atom stereocenters. The summed E-state index contributed by atoms with van der Waals surface area (Å²) in [6.45, 7) is 1.80. The molecule has 1 fully saturated rings. The third-order valence-electron chi connectivity index (χ3n) is 4.15. The van der Waals surface area contributed by atoms with E-state index in [2.05, 4.69) is 15.5 Å². The molecule has 1 aromatic carbocycles. The van der Waals surface area contributed by atoms with Gasteiger partial charge in [-0.1, -0.05) is 0 Å². The van der Waals surface area contributed by atoms with Crippen molar-refractivity contribution in [1.82, 2.24) is 20.4 Å². The average Bonchev–Trinajstić information content (AvgIpc) is 3.24. The van der Waals surface area contributed by atoms with E-state index in [1.165, 1.54) is 0 Å². The first kappa shape index (κ1) is 14.6. The predicted octanol–water partition coefficient (Wildman–Crippen LogP) is 1.52. The van der Waals surface area contributed by atoms with Crippen LogP contribution >= 0.6 is 0 Å². The fraction of sp³-hybridized carbons (Fsp3) is 0.375. The van der Waals surface area contributed by atoms with Crippen LogP contribution in [0, 0.1) is 0 Å². The highest BCUT2D eigenvalue weighted by Gasteiger charge is 2.26. The molecule has 0 radical (unpaired) electrons. The Labute approximate surface area is 129 Å². The van der Waals surface area contributed by atoms with Gasteiger partial charge in [-0.3, -0.25) is 9.89 Å². The van der Waals surface area contributed by atoms with Gasteiger partial charge in [-0.15, -0.1) is 0 Å². The molecular weight excluding hydrogens is 280 g/mol. The Hall–Kier alpha value is -2.34. The van der Waals surface area contributed by atoms with Gasteiger partial charge in [0.15, 0.2) is 0 Å². The zero-order valence-corrected chi connectivity index (χ0v) is 12.8. The van der Waals surface area contributed by atoms with E-state index in [0.29, 0.717) is 5.56 Å². The van der Waals surface area contributed by atoms with Crippen molar-refractivity contribution in [2.75, 3.05) is 27.2 Å². The number of likely N-dealkylation sites (N-methyl/N-ethyl adjacent to an activating group) is 1. The number of carbonyl (C=O) groups excluding carboxylic acids is 1. The summed E-state index contributed by atoms with van der Waals surface area (Å²) in [7, 11) is 3.48. The number of carbonyl (C=O) groups is 1. The Bertz CT molecular complexity index is 644. The summed E-state index contributed by atoms with van der Waals surface area (Å²) in [6.07, 6.45) is 2.58. The minimum absolute atomic E-state index is 0.00623. The van der Waals surface area contributed by atoms with Crippen molar-refractivity contribution in [3.8, 4) is 17.0 Å². The Kier molecular flexibility index (Phi) is 4.11. The molecule has 6 heteroatoms. The molecule has 2 heterocycles. The third-order valence-corrected chi connectivity index (χ3v) is 4.15. The average molecular weight is 300 g/mol. The number of ether oxygens (including phenoxy) is 1. The zero-order valence-electron chi connectivity index (χ0n) is 12.8. The molecule has 1 aliphatic heterocycles. The number of aromatic amines is 1. The molecule has 1 unspecified atom stereocenters. The van der Waals surface area contributed by atoms with Gasteiger partial charge >= 0.3 is 0 Å². The van der Waals surface area contributed by atoms with Crippen molar-refractivity contribution in [3.63, 3.8) is 0 Å². The number of aromatic nitrogens is 2. The van der Waals surface area contributed by atoms with Crippen LogP contribution in [0.25, 0.3) is 11.3 Å². The van der Waals surface area contributed by atoms with E-state index in [1.807, 2.05) is 31.3 Å². The summed E-state index contributed by atoms with van der Waals surface area (Å²) in [4.78, 5) is 14.5. The highest BCUT2D eigenvalue weighted by molar-refractivity contribution is 5.99. The van der Waals surface area contributed by atoms with E-state index < -0.39 is 0 Å². The second-order valence-electron chi connectivity index (χ2n) is 5.45. The highest BCUT2D eigenvalue weighted by atomic mass is 16.5. The van der Waals surface area contributed by atoms with Gasteiger partial charge in [-0.25, -0.2) is 0 Å². The fourth-order valence-corrected chi connectivity index (χ4v) is 2.75. The molecule has 0 spiro atoms. The lowest BCUT2D eigenvalue weighted by Gasteiger charge is -2.23. The first-order valence-electron chi connectivity index (χ1n) is 7.36. The van der Waals surface area contributed by atoms with Gasteiger partial charge in [0.25, 0.3) is 5.91 Å². The van der Waals surface area contributed by atoms with Gasteiger partial charge in [0.05, 0.1) is 24.6 Å². The second-order valence-corrected chi connectivity index (χ2v) is 5.45. The topological polar surface area (TPSA) is 70.2 Å². The van der Waals surface area contributed by atoms with Crippen molar-refractivity contribution in [2.45, 2.75) is 12.5 Å².